The zero-order valence-corrected chi connectivity index (χ0v) is 34.9. The van der Waals surface area contributed by atoms with Crippen molar-refractivity contribution in [1.29, 1.82) is 10.5 Å². The molecule has 0 radical (unpaired) electrons. The Morgan fingerprint density at radius 3 is 1.57 bits per heavy atom. The summed E-state index contributed by atoms with van der Waals surface area (Å²) in [6, 6.07) is 17.4. The van der Waals surface area contributed by atoms with Crippen molar-refractivity contribution in [2.45, 2.75) is 94.3 Å². The minimum absolute atomic E-state index is 0.352. The van der Waals surface area contributed by atoms with E-state index in [0.717, 1.165) is 35.5 Å². The lowest BCUT2D eigenvalue weighted by atomic mass is 9.19. The van der Waals surface area contributed by atoms with Gasteiger partial charge in [0.05, 0.1) is 14.2 Å². The van der Waals surface area contributed by atoms with E-state index >= 15 is 0 Å². The van der Waals surface area contributed by atoms with Gasteiger partial charge in [-0.1, -0.05) is 19.9 Å². The summed E-state index contributed by atoms with van der Waals surface area (Å²) in [7, 11) is 8.29. The van der Waals surface area contributed by atoms with E-state index in [2.05, 4.69) is 75.3 Å². The van der Waals surface area contributed by atoms with Crippen molar-refractivity contribution >= 4 is 16.5 Å². The van der Waals surface area contributed by atoms with Crippen molar-refractivity contribution in [2.75, 3.05) is 33.2 Å². The molecule has 0 amide bonds. The van der Waals surface area contributed by atoms with Crippen LogP contribution in [-0.4, -0.2) is 28.3 Å². The number of fused-ring (bicyclic) bond motifs is 32. The molecular weight excluding hydrogens is 711 g/mol. The van der Waals surface area contributed by atoms with Crippen molar-refractivity contribution in [3.8, 4) is 23.6 Å². The molecule has 0 saturated heterocycles. The van der Waals surface area contributed by atoms with Gasteiger partial charge in [0.2, 0.25) is 0 Å². The first-order valence-electron chi connectivity index (χ1n) is 23.3. The van der Waals surface area contributed by atoms with E-state index in [9.17, 15) is 10.5 Å². The van der Waals surface area contributed by atoms with Gasteiger partial charge in [-0.15, -0.1) is 0 Å². The highest BCUT2D eigenvalue weighted by Crippen LogP contribution is 2.96. The topological polar surface area (TPSA) is 69.3 Å². The minimum atomic E-state index is 0.352. The van der Waals surface area contributed by atoms with Gasteiger partial charge in [-0.3, -0.25) is 0 Å². The number of anilines is 1. The molecule has 294 valence electrons. The number of methoxy groups -OCH3 is 2. The van der Waals surface area contributed by atoms with E-state index in [4.69, 9.17) is 9.47 Å². The fraction of sp³-hybridized carbons (Fsp3) is 0.623. The molecule has 9 saturated carbocycles. The van der Waals surface area contributed by atoms with Crippen LogP contribution in [0.15, 0.2) is 41.5 Å². The Hall–Kier alpha value is -3.96. The van der Waals surface area contributed by atoms with Crippen LogP contribution in [0, 0.1) is 105 Å². The zero-order chi connectivity index (χ0) is 38.8. The molecule has 16 rings (SSSR count). The van der Waals surface area contributed by atoms with Crippen LogP contribution in [0.4, 0.5) is 5.69 Å². The molecule has 20 atom stereocenters. The lowest BCUT2D eigenvalue weighted by Gasteiger charge is -2.85. The third kappa shape index (κ3) is 3.02. The minimum Gasteiger partial charge on any atom is -0.496 e. The fourth-order valence-electron chi connectivity index (χ4n) is 21.7. The molecule has 0 aromatic heterocycles. The normalized spacial score (nSPS) is 49.1. The Kier molecular flexibility index (Phi) is 5.64. The van der Waals surface area contributed by atoms with E-state index < -0.39 is 0 Å². The lowest BCUT2D eigenvalue weighted by molar-refractivity contribution is -0.371. The molecule has 5 heteroatoms. The fourth-order valence-corrected chi connectivity index (χ4v) is 21.7. The molecule has 13 aliphatic rings. The number of hydrogen-bond donors (Lipinski definition) is 0. The second kappa shape index (κ2) is 9.97. The van der Waals surface area contributed by atoms with Gasteiger partial charge in [0.25, 0.3) is 0 Å². The van der Waals surface area contributed by atoms with Crippen molar-refractivity contribution in [1.82, 2.24) is 0 Å². The van der Waals surface area contributed by atoms with Gasteiger partial charge in [-0.25, -0.2) is 0 Å². The SMILES string of the molecule is COc1c2c(c(OC)c3cc4c(cc13)[C@H]1CC[C@@H]4[C@H]3[C@@H]1[C@H]1C[C@@H]3c3ccc(N(C)C)cc31)[C@@H]1C[C@H]2[C@@H]2[C@H]1[C@@]1(C)[C@@H]3[C@H]4C[C@H]([C@H]5[C@@H]4[C@H]4CC[C@@H]5C4=C(C#N)C#N)[C@@H]3[C@@]21C. The van der Waals surface area contributed by atoms with Crippen LogP contribution in [-0.2, 0) is 0 Å². The summed E-state index contributed by atoms with van der Waals surface area (Å²) in [6.07, 6.45) is 9.07. The molecule has 5 nitrogen and oxygen atoms in total. The third-order valence-corrected chi connectivity index (χ3v) is 22.4. The first-order valence-corrected chi connectivity index (χ1v) is 23.3. The number of rotatable bonds is 3. The summed E-state index contributed by atoms with van der Waals surface area (Å²) in [5.74, 6) is 14.6. The number of ether oxygens (including phenoxy) is 2. The lowest BCUT2D eigenvalue weighted by Crippen LogP contribution is -2.81. The van der Waals surface area contributed by atoms with Gasteiger partial charge >= 0.3 is 0 Å². The molecule has 58 heavy (non-hydrogen) atoms. The molecule has 3 aromatic rings. The second-order valence-corrected chi connectivity index (χ2v) is 22.7. The zero-order valence-electron chi connectivity index (χ0n) is 34.9. The van der Waals surface area contributed by atoms with Crippen LogP contribution >= 0.6 is 0 Å². The summed E-state index contributed by atoms with van der Waals surface area (Å²) < 4.78 is 13.4. The predicted octanol–water partition coefficient (Wildman–Crippen LogP) is 10.8. The maximum Gasteiger partial charge on any atom is 0.130 e. The van der Waals surface area contributed by atoms with E-state index in [-0.39, 0.29) is 0 Å². The average Bonchev–Trinajstić information content (AvgIpc) is 4.13. The summed E-state index contributed by atoms with van der Waals surface area (Å²) in [6.45, 7) is 5.49. The van der Waals surface area contributed by atoms with Crippen molar-refractivity contribution in [3.05, 3.63) is 74.9 Å². The first kappa shape index (κ1) is 32.8. The highest BCUT2D eigenvalue weighted by molar-refractivity contribution is 5.99. The summed E-state index contributed by atoms with van der Waals surface area (Å²) in [4.78, 5) is 2.28. The van der Waals surface area contributed by atoms with Crippen LogP contribution in [0.1, 0.15) is 128 Å². The highest BCUT2D eigenvalue weighted by atomic mass is 16.5. The molecule has 0 spiro atoms. The van der Waals surface area contributed by atoms with Crippen LogP contribution < -0.4 is 14.4 Å². The highest BCUT2D eigenvalue weighted by Gasteiger charge is 2.91. The van der Waals surface area contributed by atoms with Gasteiger partial charge in [0.15, 0.2) is 0 Å². The first-order chi connectivity index (χ1) is 28.2. The number of hydrogen-bond acceptors (Lipinski definition) is 5. The van der Waals surface area contributed by atoms with E-state index in [1.807, 2.05) is 14.2 Å². The molecule has 0 aliphatic heterocycles. The van der Waals surface area contributed by atoms with Gasteiger partial charge in [0.1, 0.15) is 29.2 Å². The number of benzene rings is 3. The largest absolute Gasteiger partial charge is 0.496 e. The quantitative estimate of drug-likeness (QED) is 0.151. The Morgan fingerprint density at radius 2 is 1.07 bits per heavy atom. The van der Waals surface area contributed by atoms with Gasteiger partial charge in [0, 0.05) is 41.7 Å². The maximum atomic E-state index is 10.0. The molecule has 0 unspecified atom stereocenters. The third-order valence-electron chi connectivity index (χ3n) is 22.4. The van der Waals surface area contributed by atoms with Gasteiger partial charge in [-0.2, -0.15) is 10.5 Å². The number of nitrogens with zero attached hydrogens (tertiary/aromatic N) is 3. The Morgan fingerprint density at radius 1 is 0.586 bits per heavy atom. The van der Waals surface area contributed by atoms with E-state index in [1.54, 1.807) is 22.3 Å². The second-order valence-electron chi connectivity index (χ2n) is 22.7. The molecule has 3 aromatic carbocycles. The average molecular weight is 766 g/mol. The maximum absolute atomic E-state index is 10.0. The van der Waals surface area contributed by atoms with Crippen molar-refractivity contribution < 1.29 is 9.47 Å². The smallest absolute Gasteiger partial charge is 0.130 e. The van der Waals surface area contributed by atoms with Crippen molar-refractivity contribution in [2.24, 2.45) is 81.8 Å². The Balaban J connectivity index is 0.846. The Bertz CT molecular complexity index is 2610. The number of nitriles is 2. The monoisotopic (exact) mass is 765 g/mol. The summed E-state index contributed by atoms with van der Waals surface area (Å²) in [5.41, 5.74) is 13.5. The Labute approximate surface area is 343 Å². The van der Waals surface area contributed by atoms with Gasteiger partial charge < -0.3 is 14.4 Å². The van der Waals surface area contributed by atoms with Crippen LogP contribution in [0.25, 0.3) is 10.8 Å². The van der Waals surface area contributed by atoms with Crippen LogP contribution in [0.5, 0.6) is 11.5 Å². The van der Waals surface area contributed by atoms with Gasteiger partial charge in [-0.05, 0) is 214 Å². The van der Waals surface area contributed by atoms with E-state index in [0.29, 0.717) is 87.4 Å². The summed E-state index contributed by atoms with van der Waals surface area (Å²) >= 11 is 0. The van der Waals surface area contributed by atoms with Crippen LogP contribution in [0.3, 0.4) is 0 Å². The summed E-state index contributed by atoms with van der Waals surface area (Å²) in [5, 5.41) is 22.7. The van der Waals surface area contributed by atoms with E-state index in [1.165, 1.54) is 89.6 Å². The molecule has 13 aliphatic carbocycles. The molecule has 9 fully saturated rings. The number of allylic oxidation sites excluding steroid dienone is 2. The molecular formula is C53H55N3O2. The predicted molar refractivity (Wildman–Crippen MR) is 223 cm³/mol. The van der Waals surface area contributed by atoms with Crippen LogP contribution in [0.2, 0.25) is 0 Å². The molecule has 0 N–H and O–H groups in total. The standard InChI is InChI=1S/C53H55N3O2/c1-52-46-35-17-36(43-27-12-11-26(42(35)43)39(27)21(19-54)20-55)47(46)53(52,2)49-38-18-37(48(49)52)44-45(38)51(58-6)34-15-30-25-10-9-24(29(30)14-33(34)50(44)57-5)40-31-16-32(41(25)40)28-13-22(56(3)4)7-8-23(28)31/h7-8,13-15,24-27,31-32,35-38,40-43,46-49H,9-12,16-18H2,1-6H3/t24-,25+,26-,27+,31+,32-,35-,36+,37-,38+,40+,41-,42+,43-,46+,47-,48-,49+,52+,53-/m0/s1. The van der Waals surface area contributed by atoms with Crippen molar-refractivity contribution in [3.63, 3.8) is 0 Å². The molecule has 10 bridgehead atoms. The molecule has 0 heterocycles.